The Morgan fingerprint density at radius 1 is 1.28 bits per heavy atom. The molecule has 0 saturated carbocycles. The maximum absolute atomic E-state index is 5.97. The second kappa shape index (κ2) is 4.13. The van der Waals surface area contributed by atoms with Crippen molar-refractivity contribution in [2.24, 2.45) is 12.8 Å². The van der Waals surface area contributed by atoms with Gasteiger partial charge >= 0.3 is 0 Å². The lowest BCUT2D eigenvalue weighted by atomic mass is 9.86. The van der Waals surface area contributed by atoms with Gasteiger partial charge in [-0.2, -0.15) is 0 Å². The minimum atomic E-state index is 0.546. The summed E-state index contributed by atoms with van der Waals surface area (Å²) in [5, 5.41) is 1.49. The maximum Gasteiger partial charge on any atom is 0.0515 e. The summed E-state index contributed by atoms with van der Waals surface area (Å²) in [5.74, 6) is 0.546. The van der Waals surface area contributed by atoms with E-state index in [1.807, 2.05) is 0 Å². The van der Waals surface area contributed by atoms with Gasteiger partial charge in [0.05, 0.1) is 5.52 Å². The predicted octanol–water partition coefficient (Wildman–Crippen LogP) is 3.17. The van der Waals surface area contributed by atoms with Gasteiger partial charge in [-0.1, -0.05) is 12.1 Å². The van der Waals surface area contributed by atoms with Crippen LogP contribution in [0.15, 0.2) is 12.1 Å². The first-order chi connectivity index (χ1) is 8.65. The molecule has 2 heteroatoms. The van der Waals surface area contributed by atoms with Crippen molar-refractivity contribution in [3.63, 3.8) is 0 Å². The van der Waals surface area contributed by atoms with Gasteiger partial charge in [-0.05, 0) is 49.8 Å². The highest BCUT2D eigenvalue weighted by Crippen LogP contribution is 2.39. The Morgan fingerprint density at radius 3 is 2.72 bits per heavy atom. The largest absolute Gasteiger partial charge is 0.347 e. The summed E-state index contributed by atoms with van der Waals surface area (Å²) in [5.41, 5.74) is 13.2. The topological polar surface area (TPSA) is 30.9 Å². The van der Waals surface area contributed by atoms with Gasteiger partial charge in [0.2, 0.25) is 0 Å². The normalized spacial score (nSPS) is 19.2. The number of nitrogens with two attached hydrogens (primary N) is 1. The fourth-order valence-corrected chi connectivity index (χ4v) is 3.73. The number of nitrogens with zero attached hydrogens (tertiary/aromatic N) is 1. The fraction of sp³-hybridized carbons (Fsp3) is 0.500. The van der Waals surface area contributed by atoms with E-state index in [9.17, 15) is 0 Å². The van der Waals surface area contributed by atoms with Gasteiger partial charge in [0.1, 0.15) is 0 Å². The number of fused-ring (bicyclic) bond motifs is 3. The zero-order chi connectivity index (χ0) is 12.9. The highest BCUT2D eigenvalue weighted by molar-refractivity contribution is 5.91. The van der Waals surface area contributed by atoms with Crippen LogP contribution in [0.2, 0.25) is 0 Å². The monoisotopic (exact) mass is 242 g/mol. The molecular weight excluding hydrogens is 220 g/mol. The van der Waals surface area contributed by atoms with Crippen molar-refractivity contribution < 1.29 is 0 Å². The molecule has 0 aliphatic heterocycles. The molecule has 96 valence electrons. The van der Waals surface area contributed by atoms with Crippen LogP contribution in [0, 0.1) is 13.8 Å². The van der Waals surface area contributed by atoms with Crippen molar-refractivity contribution in [2.45, 2.75) is 39.0 Å². The first kappa shape index (κ1) is 11.8. The molecule has 1 atom stereocenters. The van der Waals surface area contributed by atoms with E-state index in [4.69, 9.17) is 5.73 Å². The first-order valence-corrected chi connectivity index (χ1v) is 6.92. The highest BCUT2D eigenvalue weighted by atomic mass is 15.0. The van der Waals surface area contributed by atoms with Gasteiger partial charge in [-0.15, -0.1) is 0 Å². The lowest BCUT2D eigenvalue weighted by molar-refractivity contribution is 0.534. The van der Waals surface area contributed by atoms with Crippen LogP contribution in [-0.4, -0.2) is 11.1 Å². The Hall–Kier alpha value is -1.28. The molecule has 1 aliphatic carbocycles. The third-order valence-electron chi connectivity index (χ3n) is 4.55. The Balaban J connectivity index is 2.42. The lowest BCUT2D eigenvalue weighted by Crippen LogP contribution is -2.20. The van der Waals surface area contributed by atoms with Crippen molar-refractivity contribution in [1.29, 1.82) is 0 Å². The molecule has 0 bridgehead atoms. The van der Waals surface area contributed by atoms with Crippen molar-refractivity contribution in [1.82, 2.24) is 4.57 Å². The summed E-state index contributed by atoms with van der Waals surface area (Å²) < 4.78 is 2.41. The molecular formula is C16H22N2. The van der Waals surface area contributed by atoms with Crippen LogP contribution in [0.4, 0.5) is 0 Å². The SMILES string of the molecule is Cc1ccc(C)c2c1c1c(n2C)C(CN)CCC1. The van der Waals surface area contributed by atoms with Gasteiger partial charge in [-0.3, -0.25) is 0 Å². The number of rotatable bonds is 1. The third kappa shape index (κ3) is 1.45. The molecule has 0 amide bonds. The van der Waals surface area contributed by atoms with Crippen LogP contribution in [0.1, 0.15) is 41.1 Å². The van der Waals surface area contributed by atoms with E-state index in [0.29, 0.717) is 5.92 Å². The number of aromatic nitrogens is 1. The van der Waals surface area contributed by atoms with Crippen LogP contribution < -0.4 is 5.73 Å². The summed E-state index contributed by atoms with van der Waals surface area (Å²) >= 11 is 0. The van der Waals surface area contributed by atoms with Crippen LogP contribution in [0.3, 0.4) is 0 Å². The molecule has 2 nitrogen and oxygen atoms in total. The molecule has 2 aromatic rings. The molecule has 2 N–H and O–H groups in total. The Morgan fingerprint density at radius 2 is 2.00 bits per heavy atom. The summed E-state index contributed by atoms with van der Waals surface area (Å²) in [4.78, 5) is 0. The first-order valence-electron chi connectivity index (χ1n) is 6.92. The van der Waals surface area contributed by atoms with E-state index in [2.05, 4.69) is 37.6 Å². The van der Waals surface area contributed by atoms with Crippen molar-refractivity contribution in [3.05, 3.63) is 34.5 Å². The van der Waals surface area contributed by atoms with E-state index >= 15 is 0 Å². The standard InChI is InChI=1S/C16H22N2/c1-10-7-8-11(2)15-14(10)13-6-4-5-12(9-17)16(13)18(15)3/h7-8,12H,4-6,9,17H2,1-3H3. The Bertz CT molecular complexity index is 607. The quantitative estimate of drug-likeness (QED) is 0.818. The van der Waals surface area contributed by atoms with E-state index < -0.39 is 0 Å². The second-order valence-electron chi connectivity index (χ2n) is 5.67. The highest BCUT2D eigenvalue weighted by Gasteiger charge is 2.26. The molecule has 1 aliphatic rings. The van der Waals surface area contributed by atoms with Gasteiger partial charge in [-0.25, -0.2) is 0 Å². The van der Waals surface area contributed by atoms with Crippen LogP contribution in [0.25, 0.3) is 10.9 Å². The van der Waals surface area contributed by atoms with Gasteiger partial charge in [0.15, 0.2) is 0 Å². The molecule has 1 heterocycles. The summed E-state index contributed by atoms with van der Waals surface area (Å²) in [6.45, 7) is 5.22. The Labute approximate surface area is 109 Å². The smallest absolute Gasteiger partial charge is 0.0515 e. The molecule has 0 spiro atoms. The van der Waals surface area contributed by atoms with Gasteiger partial charge < -0.3 is 10.3 Å². The molecule has 1 aromatic heterocycles. The minimum Gasteiger partial charge on any atom is -0.347 e. The van der Waals surface area contributed by atoms with Crippen molar-refractivity contribution in [3.8, 4) is 0 Å². The minimum absolute atomic E-state index is 0.546. The van der Waals surface area contributed by atoms with Gasteiger partial charge in [0, 0.05) is 30.6 Å². The number of hydrogen-bond donors (Lipinski definition) is 1. The number of hydrogen-bond acceptors (Lipinski definition) is 1. The van der Waals surface area contributed by atoms with Crippen LogP contribution in [0.5, 0.6) is 0 Å². The second-order valence-corrected chi connectivity index (χ2v) is 5.67. The summed E-state index contributed by atoms with van der Waals surface area (Å²) in [6, 6.07) is 4.49. The average molecular weight is 242 g/mol. The Kier molecular flexibility index (Phi) is 2.70. The summed E-state index contributed by atoms with van der Waals surface area (Å²) in [7, 11) is 2.21. The zero-order valence-electron chi connectivity index (χ0n) is 11.6. The number of benzene rings is 1. The zero-order valence-corrected chi connectivity index (χ0v) is 11.6. The lowest BCUT2D eigenvalue weighted by Gasteiger charge is -2.23. The average Bonchev–Trinajstić information content (AvgIpc) is 2.69. The molecule has 1 aromatic carbocycles. The van der Waals surface area contributed by atoms with Crippen LogP contribution >= 0.6 is 0 Å². The van der Waals surface area contributed by atoms with Crippen molar-refractivity contribution in [2.75, 3.05) is 6.54 Å². The fourth-order valence-electron chi connectivity index (χ4n) is 3.73. The molecule has 0 radical (unpaired) electrons. The van der Waals surface area contributed by atoms with E-state index in [-0.39, 0.29) is 0 Å². The molecule has 0 saturated heterocycles. The molecule has 3 rings (SSSR count). The molecule has 18 heavy (non-hydrogen) atoms. The summed E-state index contributed by atoms with van der Waals surface area (Å²) in [6.07, 6.45) is 3.74. The van der Waals surface area contributed by atoms with E-state index in [1.54, 1.807) is 5.56 Å². The van der Waals surface area contributed by atoms with Gasteiger partial charge in [0.25, 0.3) is 0 Å². The van der Waals surface area contributed by atoms with E-state index in [1.165, 1.54) is 47.0 Å². The third-order valence-corrected chi connectivity index (χ3v) is 4.55. The van der Waals surface area contributed by atoms with E-state index in [0.717, 1.165) is 6.54 Å². The van der Waals surface area contributed by atoms with Crippen molar-refractivity contribution >= 4 is 10.9 Å². The maximum atomic E-state index is 5.97. The predicted molar refractivity (Wildman–Crippen MR) is 77.1 cm³/mol. The molecule has 0 fully saturated rings. The van der Waals surface area contributed by atoms with Crippen LogP contribution in [-0.2, 0) is 13.5 Å². The molecule has 1 unspecified atom stereocenters. The number of aryl methyl sites for hydroxylation is 4.